The van der Waals surface area contributed by atoms with Crippen molar-refractivity contribution in [3.8, 4) is 0 Å². The molecule has 0 spiro atoms. The summed E-state index contributed by atoms with van der Waals surface area (Å²) in [6.45, 7) is 1.50. The predicted octanol–water partition coefficient (Wildman–Crippen LogP) is 3.00. The van der Waals surface area contributed by atoms with E-state index in [9.17, 15) is 18.0 Å². The lowest BCUT2D eigenvalue weighted by Crippen LogP contribution is -2.31. The summed E-state index contributed by atoms with van der Waals surface area (Å²) in [5.74, 6) is -1.07. The van der Waals surface area contributed by atoms with Gasteiger partial charge < -0.3 is 10.1 Å². The summed E-state index contributed by atoms with van der Waals surface area (Å²) >= 11 is 0. The quantitative estimate of drug-likeness (QED) is 0.733. The van der Waals surface area contributed by atoms with Crippen LogP contribution in [0.3, 0.4) is 0 Å². The highest BCUT2D eigenvalue weighted by atomic mass is 32.2. The summed E-state index contributed by atoms with van der Waals surface area (Å²) in [4.78, 5) is 24.4. The Kier molecular flexibility index (Phi) is 6.37. The van der Waals surface area contributed by atoms with Gasteiger partial charge in [-0.1, -0.05) is 18.2 Å². The lowest BCUT2D eigenvalue weighted by Gasteiger charge is -2.20. The number of carbonyl (C=O) groups excluding carboxylic acids is 2. The van der Waals surface area contributed by atoms with E-state index in [0.717, 1.165) is 24.7 Å². The molecule has 0 unspecified atom stereocenters. The first-order chi connectivity index (χ1) is 13.7. The predicted molar refractivity (Wildman–Crippen MR) is 109 cm³/mol. The molecule has 154 valence electrons. The van der Waals surface area contributed by atoms with Gasteiger partial charge in [0.05, 0.1) is 16.5 Å². The van der Waals surface area contributed by atoms with Crippen LogP contribution in [0.1, 0.15) is 52.9 Å². The lowest BCUT2D eigenvalue weighted by atomic mass is 9.89. The Balaban J connectivity index is 1.53. The van der Waals surface area contributed by atoms with Crippen molar-refractivity contribution >= 4 is 21.7 Å². The van der Waals surface area contributed by atoms with Gasteiger partial charge in [-0.05, 0) is 73.6 Å². The molecule has 0 bridgehead atoms. The summed E-state index contributed by atoms with van der Waals surface area (Å²) in [5.41, 5.74) is 3.95. The summed E-state index contributed by atoms with van der Waals surface area (Å²) in [6.07, 6.45) is 5.69. The Morgan fingerprint density at radius 2 is 1.69 bits per heavy atom. The summed E-state index contributed by atoms with van der Waals surface area (Å²) in [5, 5.41) is 2.84. The van der Waals surface area contributed by atoms with Crippen LogP contribution in [0.15, 0.2) is 47.4 Å². The highest BCUT2D eigenvalue weighted by molar-refractivity contribution is 7.90. The third-order valence-corrected chi connectivity index (χ3v) is 6.23. The molecule has 29 heavy (non-hydrogen) atoms. The molecule has 2 aromatic rings. The third kappa shape index (κ3) is 5.44. The zero-order valence-corrected chi connectivity index (χ0v) is 17.4. The number of benzene rings is 2. The molecule has 0 saturated carbocycles. The van der Waals surface area contributed by atoms with Gasteiger partial charge in [0.2, 0.25) is 0 Å². The number of sulfone groups is 1. The SMILES string of the molecule is C[C@H](NC(=O)COC(=O)c1ccc(S(C)(=O)=O)cc1)c1ccc2c(c1)CCCC2. The van der Waals surface area contributed by atoms with E-state index in [1.165, 1.54) is 48.2 Å². The van der Waals surface area contributed by atoms with Gasteiger partial charge in [-0.25, -0.2) is 13.2 Å². The maximum atomic E-state index is 12.2. The molecule has 3 rings (SSSR count). The number of hydrogen-bond donors (Lipinski definition) is 1. The Morgan fingerprint density at radius 3 is 2.34 bits per heavy atom. The molecule has 0 fully saturated rings. The van der Waals surface area contributed by atoms with Gasteiger partial charge >= 0.3 is 5.97 Å². The van der Waals surface area contributed by atoms with Crippen molar-refractivity contribution in [3.63, 3.8) is 0 Å². The number of nitrogens with one attached hydrogen (secondary N) is 1. The van der Waals surface area contributed by atoms with Gasteiger partial charge in [-0.2, -0.15) is 0 Å². The van der Waals surface area contributed by atoms with Crippen molar-refractivity contribution in [1.82, 2.24) is 5.32 Å². The normalized spacial score (nSPS) is 14.6. The van der Waals surface area contributed by atoms with E-state index < -0.39 is 28.3 Å². The van der Waals surface area contributed by atoms with E-state index in [-0.39, 0.29) is 16.5 Å². The van der Waals surface area contributed by atoms with E-state index in [1.807, 2.05) is 13.0 Å². The van der Waals surface area contributed by atoms with Crippen LogP contribution in [0.5, 0.6) is 0 Å². The number of hydrogen-bond acceptors (Lipinski definition) is 5. The second kappa shape index (κ2) is 8.78. The second-order valence-electron chi connectivity index (χ2n) is 7.40. The third-order valence-electron chi connectivity index (χ3n) is 5.10. The van der Waals surface area contributed by atoms with Crippen molar-refractivity contribution in [2.45, 2.75) is 43.5 Å². The molecule has 0 radical (unpaired) electrons. The molecule has 6 nitrogen and oxygen atoms in total. The van der Waals surface area contributed by atoms with Gasteiger partial charge in [0.25, 0.3) is 5.91 Å². The first-order valence-corrected chi connectivity index (χ1v) is 11.5. The van der Waals surface area contributed by atoms with Crippen LogP contribution in [0, 0.1) is 0 Å². The first kappa shape index (κ1) is 21.0. The van der Waals surface area contributed by atoms with E-state index in [1.54, 1.807) is 0 Å². The van der Waals surface area contributed by atoms with Crippen molar-refractivity contribution in [1.29, 1.82) is 0 Å². The first-order valence-electron chi connectivity index (χ1n) is 9.62. The number of amides is 1. The maximum Gasteiger partial charge on any atom is 0.338 e. The van der Waals surface area contributed by atoms with Crippen LogP contribution in [0.25, 0.3) is 0 Å². The average molecular weight is 416 g/mol. The smallest absolute Gasteiger partial charge is 0.338 e. The maximum absolute atomic E-state index is 12.2. The van der Waals surface area contributed by atoms with Crippen molar-refractivity contribution in [2.24, 2.45) is 0 Å². The van der Waals surface area contributed by atoms with Gasteiger partial charge in [-0.3, -0.25) is 4.79 Å². The molecular formula is C22H25NO5S. The zero-order chi connectivity index (χ0) is 21.0. The van der Waals surface area contributed by atoms with Crippen LogP contribution in [0.4, 0.5) is 0 Å². The number of ether oxygens (including phenoxy) is 1. The fourth-order valence-electron chi connectivity index (χ4n) is 3.44. The fraction of sp³-hybridized carbons (Fsp3) is 0.364. The number of fused-ring (bicyclic) bond motifs is 1. The number of rotatable bonds is 6. The molecule has 1 atom stereocenters. The molecule has 7 heteroatoms. The molecule has 0 aromatic heterocycles. The van der Waals surface area contributed by atoms with Gasteiger partial charge in [0.15, 0.2) is 16.4 Å². The van der Waals surface area contributed by atoms with E-state index in [0.29, 0.717) is 0 Å². The van der Waals surface area contributed by atoms with Gasteiger partial charge in [0.1, 0.15) is 0 Å². The van der Waals surface area contributed by atoms with Gasteiger partial charge in [-0.15, -0.1) is 0 Å². The molecule has 1 aliphatic carbocycles. The molecule has 2 aromatic carbocycles. The van der Waals surface area contributed by atoms with Crippen molar-refractivity contribution in [3.05, 3.63) is 64.7 Å². The number of carbonyl (C=O) groups is 2. The Hall–Kier alpha value is -2.67. The topological polar surface area (TPSA) is 89.5 Å². The van der Waals surface area contributed by atoms with Crippen LogP contribution >= 0.6 is 0 Å². The number of esters is 1. The number of aryl methyl sites for hydroxylation is 2. The van der Waals surface area contributed by atoms with E-state index >= 15 is 0 Å². The summed E-state index contributed by atoms with van der Waals surface area (Å²) in [7, 11) is -3.33. The van der Waals surface area contributed by atoms with Crippen LogP contribution < -0.4 is 5.32 Å². The molecule has 0 aliphatic heterocycles. The summed E-state index contributed by atoms with van der Waals surface area (Å²) in [6, 6.07) is 11.5. The standard InChI is InChI=1S/C22H25NO5S/c1-15(18-8-7-16-5-3-4-6-19(16)13-18)23-21(24)14-28-22(25)17-9-11-20(12-10-17)29(2,26)27/h7-13,15H,3-6,14H2,1-2H3,(H,23,24)/t15-/m0/s1. The van der Waals surface area contributed by atoms with Crippen molar-refractivity contribution < 1.29 is 22.7 Å². The van der Waals surface area contributed by atoms with E-state index in [2.05, 4.69) is 17.4 Å². The molecule has 1 amide bonds. The molecule has 1 aliphatic rings. The molecule has 0 saturated heterocycles. The minimum atomic E-state index is -3.33. The van der Waals surface area contributed by atoms with Gasteiger partial charge in [0, 0.05) is 6.26 Å². The highest BCUT2D eigenvalue weighted by Gasteiger charge is 2.16. The van der Waals surface area contributed by atoms with Crippen LogP contribution in [0.2, 0.25) is 0 Å². The van der Waals surface area contributed by atoms with Crippen LogP contribution in [-0.2, 0) is 32.2 Å². The molecular weight excluding hydrogens is 390 g/mol. The highest BCUT2D eigenvalue weighted by Crippen LogP contribution is 2.24. The van der Waals surface area contributed by atoms with Crippen molar-refractivity contribution in [2.75, 3.05) is 12.9 Å². The minimum absolute atomic E-state index is 0.116. The Bertz CT molecular complexity index is 1010. The van der Waals surface area contributed by atoms with E-state index in [4.69, 9.17) is 4.74 Å². The Labute approximate surface area is 171 Å². The lowest BCUT2D eigenvalue weighted by molar-refractivity contribution is -0.124. The second-order valence-corrected chi connectivity index (χ2v) is 9.41. The zero-order valence-electron chi connectivity index (χ0n) is 16.6. The average Bonchev–Trinajstić information content (AvgIpc) is 2.71. The molecule has 0 heterocycles. The Morgan fingerprint density at radius 1 is 1.03 bits per heavy atom. The van der Waals surface area contributed by atoms with Crippen LogP contribution in [-0.4, -0.2) is 33.2 Å². The monoisotopic (exact) mass is 415 g/mol. The minimum Gasteiger partial charge on any atom is -0.452 e. The largest absolute Gasteiger partial charge is 0.452 e. The molecule has 1 N–H and O–H groups in total. The fourth-order valence-corrected chi connectivity index (χ4v) is 4.07. The summed E-state index contributed by atoms with van der Waals surface area (Å²) < 4.78 is 28.0.